The van der Waals surface area contributed by atoms with Crippen LogP contribution in [0, 0.1) is 0 Å². The molecule has 106 valence electrons. The van der Waals surface area contributed by atoms with Crippen molar-refractivity contribution in [2.45, 2.75) is 0 Å². The predicted molar refractivity (Wildman–Crippen MR) is 91.2 cm³/mol. The molecule has 0 unspecified atom stereocenters. The zero-order valence-corrected chi connectivity index (χ0v) is 13.7. The van der Waals surface area contributed by atoms with Gasteiger partial charge in [0.2, 0.25) is 0 Å². The van der Waals surface area contributed by atoms with Crippen molar-refractivity contribution in [1.29, 1.82) is 0 Å². The van der Waals surface area contributed by atoms with Crippen molar-refractivity contribution in [2.75, 3.05) is 5.73 Å². The number of aryl methyl sites for hydroxylation is 1. The van der Waals surface area contributed by atoms with Crippen LogP contribution in [0.1, 0.15) is 0 Å². The summed E-state index contributed by atoms with van der Waals surface area (Å²) in [5.74, 6) is 0.632. The van der Waals surface area contributed by atoms with Gasteiger partial charge in [0.15, 0.2) is 0 Å². The van der Waals surface area contributed by atoms with Crippen molar-refractivity contribution < 1.29 is 0 Å². The zero-order chi connectivity index (χ0) is 15.0. The molecule has 0 saturated carbocycles. The molecule has 0 atom stereocenters. The molecule has 3 nitrogen and oxygen atoms in total. The van der Waals surface area contributed by atoms with Gasteiger partial charge >= 0.3 is 0 Å². The topological polar surface area (TPSA) is 43.8 Å². The number of nitrogen functional groups attached to an aromatic ring is 1. The highest BCUT2D eigenvalue weighted by Gasteiger charge is 2.17. The Kier molecular flexibility index (Phi) is 3.74. The van der Waals surface area contributed by atoms with Gasteiger partial charge < -0.3 is 5.73 Å². The minimum Gasteiger partial charge on any atom is -0.383 e. The van der Waals surface area contributed by atoms with Gasteiger partial charge in [-0.25, -0.2) is 0 Å². The van der Waals surface area contributed by atoms with Gasteiger partial charge in [0.25, 0.3) is 0 Å². The first-order valence-electron chi connectivity index (χ1n) is 6.40. The third-order valence-electron chi connectivity index (χ3n) is 3.29. The molecule has 1 aromatic heterocycles. The smallest absolute Gasteiger partial charge is 0.129 e. The number of benzene rings is 2. The highest BCUT2D eigenvalue weighted by molar-refractivity contribution is 9.10. The van der Waals surface area contributed by atoms with Gasteiger partial charge in [-0.05, 0) is 23.8 Å². The molecule has 3 rings (SSSR count). The summed E-state index contributed by atoms with van der Waals surface area (Å²) < 4.78 is 2.60. The van der Waals surface area contributed by atoms with Crippen molar-refractivity contribution in [3.63, 3.8) is 0 Å². The maximum absolute atomic E-state index is 6.20. The van der Waals surface area contributed by atoms with E-state index in [1.807, 2.05) is 55.6 Å². The van der Waals surface area contributed by atoms with Crippen LogP contribution in [0.25, 0.3) is 22.4 Å². The van der Waals surface area contributed by atoms with Crippen LogP contribution < -0.4 is 5.73 Å². The Labute approximate surface area is 136 Å². The Hall–Kier alpha value is -1.78. The molecular formula is C16H13BrClN3. The molecule has 0 fully saturated rings. The fraction of sp³-hybridized carbons (Fsp3) is 0.0625. The molecule has 2 N–H and O–H groups in total. The zero-order valence-electron chi connectivity index (χ0n) is 11.3. The van der Waals surface area contributed by atoms with Crippen molar-refractivity contribution in [3.8, 4) is 22.4 Å². The van der Waals surface area contributed by atoms with E-state index in [0.717, 1.165) is 26.9 Å². The Morgan fingerprint density at radius 2 is 1.81 bits per heavy atom. The van der Waals surface area contributed by atoms with Crippen LogP contribution in [-0.2, 0) is 7.05 Å². The normalized spacial score (nSPS) is 10.8. The van der Waals surface area contributed by atoms with Crippen LogP contribution in [0.5, 0.6) is 0 Å². The Balaban J connectivity index is 2.26. The third-order valence-corrected chi connectivity index (χ3v) is 3.97. The Bertz CT molecular complexity index is 777. The van der Waals surface area contributed by atoms with E-state index in [4.69, 9.17) is 17.3 Å². The van der Waals surface area contributed by atoms with Gasteiger partial charge in [-0.1, -0.05) is 57.9 Å². The molecule has 2 aromatic carbocycles. The van der Waals surface area contributed by atoms with Crippen molar-refractivity contribution in [3.05, 3.63) is 58.0 Å². The summed E-state index contributed by atoms with van der Waals surface area (Å²) in [7, 11) is 1.84. The fourth-order valence-corrected chi connectivity index (χ4v) is 3.18. The van der Waals surface area contributed by atoms with Crippen LogP contribution in [0.2, 0.25) is 5.02 Å². The van der Waals surface area contributed by atoms with E-state index in [-0.39, 0.29) is 0 Å². The molecule has 5 heteroatoms. The molecule has 0 amide bonds. The molecule has 0 saturated heterocycles. The molecule has 0 spiro atoms. The quantitative estimate of drug-likeness (QED) is 0.715. The van der Waals surface area contributed by atoms with E-state index >= 15 is 0 Å². The summed E-state index contributed by atoms with van der Waals surface area (Å²) in [4.78, 5) is 0. The maximum atomic E-state index is 6.20. The number of anilines is 1. The van der Waals surface area contributed by atoms with Crippen LogP contribution in [0.3, 0.4) is 0 Å². The van der Waals surface area contributed by atoms with Crippen LogP contribution in [-0.4, -0.2) is 9.78 Å². The highest BCUT2D eigenvalue weighted by atomic mass is 79.9. The lowest BCUT2D eigenvalue weighted by atomic mass is 10.0. The number of nitrogens with two attached hydrogens (primary N) is 1. The summed E-state index contributed by atoms with van der Waals surface area (Å²) in [5, 5.41) is 5.21. The van der Waals surface area contributed by atoms with Crippen molar-refractivity contribution in [1.82, 2.24) is 9.78 Å². The summed E-state index contributed by atoms with van der Waals surface area (Å²) in [6.45, 7) is 0. The number of hydrogen-bond donors (Lipinski definition) is 1. The molecule has 0 aliphatic carbocycles. The average Bonchev–Trinajstić information content (AvgIpc) is 2.75. The summed E-state index contributed by atoms with van der Waals surface area (Å²) >= 11 is 9.62. The van der Waals surface area contributed by atoms with Crippen molar-refractivity contribution in [2.24, 2.45) is 7.05 Å². The molecular weight excluding hydrogens is 350 g/mol. The second-order valence-electron chi connectivity index (χ2n) is 4.76. The molecule has 1 heterocycles. The number of hydrogen-bond acceptors (Lipinski definition) is 2. The van der Waals surface area contributed by atoms with Crippen molar-refractivity contribution >= 4 is 33.3 Å². The molecule has 0 aliphatic rings. The largest absolute Gasteiger partial charge is 0.383 e. The number of nitrogens with zero attached hydrogens (tertiary/aromatic N) is 2. The first-order chi connectivity index (χ1) is 10.1. The summed E-state index contributed by atoms with van der Waals surface area (Å²) in [5.41, 5.74) is 9.92. The highest BCUT2D eigenvalue weighted by Crippen LogP contribution is 2.37. The minimum absolute atomic E-state index is 0.632. The van der Waals surface area contributed by atoms with Gasteiger partial charge in [-0.3, -0.25) is 4.68 Å². The molecule has 0 aliphatic heterocycles. The van der Waals surface area contributed by atoms with Gasteiger partial charge in [0.05, 0.1) is 5.56 Å². The van der Waals surface area contributed by atoms with Crippen LogP contribution >= 0.6 is 27.5 Å². The SMILES string of the molecule is Cn1nc(-c2cc(Cl)cc(Br)c2)c(-c2ccccc2)c1N. The fourth-order valence-electron chi connectivity index (χ4n) is 2.32. The van der Waals surface area contributed by atoms with E-state index in [1.54, 1.807) is 4.68 Å². The first kappa shape index (κ1) is 14.2. The van der Waals surface area contributed by atoms with Gasteiger partial charge in [0, 0.05) is 22.1 Å². The number of rotatable bonds is 2. The summed E-state index contributed by atoms with van der Waals surface area (Å²) in [6, 6.07) is 15.7. The van der Waals surface area contributed by atoms with Crippen LogP contribution in [0.15, 0.2) is 53.0 Å². The Morgan fingerprint density at radius 1 is 1.10 bits per heavy atom. The monoisotopic (exact) mass is 361 g/mol. The van der Waals surface area contributed by atoms with E-state index < -0.39 is 0 Å². The number of halogens is 2. The lowest BCUT2D eigenvalue weighted by Crippen LogP contribution is -1.97. The lowest BCUT2D eigenvalue weighted by molar-refractivity contribution is 0.782. The molecule has 21 heavy (non-hydrogen) atoms. The van der Waals surface area contributed by atoms with Gasteiger partial charge in [-0.2, -0.15) is 5.10 Å². The van der Waals surface area contributed by atoms with E-state index in [2.05, 4.69) is 21.0 Å². The van der Waals surface area contributed by atoms with E-state index in [0.29, 0.717) is 10.8 Å². The average molecular weight is 363 g/mol. The molecule has 3 aromatic rings. The predicted octanol–water partition coefficient (Wildman–Crippen LogP) is 4.75. The standard InChI is InChI=1S/C16H13BrClN3/c1-21-16(19)14(10-5-3-2-4-6-10)15(20-21)11-7-12(17)9-13(18)8-11/h2-9H,19H2,1H3. The Morgan fingerprint density at radius 3 is 2.48 bits per heavy atom. The molecule has 0 bridgehead atoms. The number of aromatic nitrogens is 2. The molecule has 0 radical (unpaired) electrons. The lowest BCUT2D eigenvalue weighted by Gasteiger charge is -2.05. The first-order valence-corrected chi connectivity index (χ1v) is 7.57. The van der Waals surface area contributed by atoms with E-state index in [1.165, 1.54) is 0 Å². The summed E-state index contributed by atoms with van der Waals surface area (Å²) in [6.07, 6.45) is 0. The van der Waals surface area contributed by atoms with Gasteiger partial charge in [-0.15, -0.1) is 0 Å². The second-order valence-corrected chi connectivity index (χ2v) is 6.11. The van der Waals surface area contributed by atoms with Crippen LogP contribution in [0.4, 0.5) is 5.82 Å². The second kappa shape index (κ2) is 5.54. The minimum atomic E-state index is 0.632. The van der Waals surface area contributed by atoms with E-state index in [9.17, 15) is 0 Å². The maximum Gasteiger partial charge on any atom is 0.129 e. The van der Waals surface area contributed by atoms with Gasteiger partial charge in [0.1, 0.15) is 11.5 Å². The third kappa shape index (κ3) is 2.69.